The van der Waals surface area contributed by atoms with Gasteiger partial charge in [-0.25, -0.2) is 0 Å². The minimum atomic E-state index is 0.506. The van der Waals surface area contributed by atoms with Gasteiger partial charge >= 0.3 is 0 Å². The molecule has 0 amide bonds. The summed E-state index contributed by atoms with van der Waals surface area (Å²) in [5.41, 5.74) is 4.29. The number of morpholine rings is 1. The third-order valence-corrected chi connectivity index (χ3v) is 6.24. The van der Waals surface area contributed by atoms with Crippen LogP contribution in [-0.4, -0.2) is 51.3 Å². The van der Waals surface area contributed by atoms with Crippen LogP contribution in [0, 0.1) is 13.8 Å². The number of benzene rings is 2. The molecule has 3 heterocycles. The topological polar surface area (TPSA) is 82.1 Å². The van der Waals surface area contributed by atoms with Gasteiger partial charge in [0, 0.05) is 18.7 Å². The van der Waals surface area contributed by atoms with Crippen molar-refractivity contribution in [3.05, 3.63) is 65.5 Å². The number of para-hydroxylation sites is 1. The number of aromatic nitrogens is 5. The third-order valence-electron chi connectivity index (χ3n) is 5.32. The first-order valence-electron chi connectivity index (χ1n) is 10.6. The van der Waals surface area contributed by atoms with Crippen LogP contribution in [0.1, 0.15) is 17.0 Å². The van der Waals surface area contributed by atoms with Gasteiger partial charge in [-0.15, -0.1) is 20.4 Å². The zero-order valence-electron chi connectivity index (χ0n) is 18.1. The van der Waals surface area contributed by atoms with E-state index >= 15 is 0 Å². The van der Waals surface area contributed by atoms with E-state index in [1.165, 1.54) is 11.8 Å². The van der Waals surface area contributed by atoms with E-state index in [0.29, 0.717) is 30.7 Å². The average molecular weight is 449 g/mol. The highest BCUT2D eigenvalue weighted by Crippen LogP contribution is 2.31. The molecule has 164 valence electrons. The second-order valence-corrected chi connectivity index (χ2v) is 8.61. The summed E-state index contributed by atoms with van der Waals surface area (Å²) in [6, 6.07) is 16.3. The maximum absolute atomic E-state index is 5.91. The molecule has 0 radical (unpaired) electrons. The molecule has 9 heteroatoms. The molecule has 1 fully saturated rings. The molecule has 1 aliphatic heterocycles. The molecular weight excluding hydrogens is 424 g/mol. The lowest BCUT2D eigenvalue weighted by Crippen LogP contribution is -2.38. The van der Waals surface area contributed by atoms with Crippen molar-refractivity contribution in [2.24, 2.45) is 0 Å². The Kier molecular flexibility index (Phi) is 5.91. The largest absolute Gasteiger partial charge is 0.420 e. The number of anilines is 1. The smallest absolute Gasteiger partial charge is 0.247 e. The maximum atomic E-state index is 5.91. The second kappa shape index (κ2) is 9.13. The van der Waals surface area contributed by atoms with E-state index in [-0.39, 0.29) is 0 Å². The highest BCUT2D eigenvalue weighted by molar-refractivity contribution is 7.98. The van der Waals surface area contributed by atoms with Gasteiger partial charge < -0.3 is 14.1 Å². The lowest BCUT2D eigenvalue weighted by molar-refractivity contribution is 0.122. The van der Waals surface area contributed by atoms with Crippen molar-refractivity contribution in [2.75, 3.05) is 31.2 Å². The molecule has 1 saturated heterocycles. The van der Waals surface area contributed by atoms with E-state index in [2.05, 4.69) is 48.9 Å². The van der Waals surface area contributed by atoms with Gasteiger partial charge in [-0.3, -0.25) is 4.57 Å². The van der Waals surface area contributed by atoms with Crippen LogP contribution in [0.4, 0.5) is 5.95 Å². The van der Waals surface area contributed by atoms with Gasteiger partial charge in [0.15, 0.2) is 5.16 Å². The summed E-state index contributed by atoms with van der Waals surface area (Å²) >= 11 is 1.54. The van der Waals surface area contributed by atoms with Crippen molar-refractivity contribution >= 4 is 17.7 Å². The van der Waals surface area contributed by atoms with E-state index in [4.69, 9.17) is 9.15 Å². The number of hydrogen-bond donors (Lipinski definition) is 0. The lowest BCUT2D eigenvalue weighted by Gasteiger charge is -2.28. The average Bonchev–Trinajstić information content (AvgIpc) is 3.46. The minimum absolute atomic E-state index is 0.506. The molecule has 8 nitrogen and oxygen atoms in total. The molecule has 0 saturated carbocycles. The van der Waals surface area contributed by atoms with Crippen LogP contribution < -0.4 is 4.90 Å². The van der Waals surface area contributed by atoms with Gasteiger partial charge in [0.25, 0.3) is 0 Å². The summed E-state index contributed by atoms with van der Waals surface area (Å²) in [6.07, 6.45) is 0. The highest BCUT2D eigenvalue weighted by atomic mass is 32.2. The number of aryl methyl sites for hydroxylation is 2. The van der Waals surface area contributed by atoms with Crippen molar-refractivity contribution < 1.29 is 9.15 Å². The molecule has 4 aromatic rings. The van der Waals surface area contributed by atoms with Crippen LogP contribution in [-0.2, 0) is 10.5 Å². The number of thioether (sulfide) groups is 1. The monoisotopic (exact) mass is 448 g/mol. The summed E-state index contributed by atoms with van der Waals surface area (Å²) < 4.78 is 13.5. The fourth-order valence-corrected chi connectivity index (χ4v) is 4.46. The molecule has 32 heavy (non-hydrogen) atoms. The van der Waals surface area contributed by atoms with E-state index < -0.39 is 0 Å². The number of ether oxygens (including phenoxy) is 1. The second-order valence-electron chi connectivity index (χ2n) is 7.66. The molecule has 0 unspecified atom stereocenters. The van der Waals surface area contributed by atoms with E-state index in [9.17, 15) is 0 Å². The Balaban J connectivity index is 1.42. The quantitative estimate of drug-likeness (QED) is 0.409. The van der Waals surface area contributed by atoms with Gasteiger partial charge in [0.2, 0.25) is 17.7 Å². The zero-order valence-corrected chi connectivity index (χ0v) is 18.9. The Labute approximate surface area is 190 Å². The van der Waals surface area contributed by atoms with Crippen molar-refractivity contribution in [2.45, 2.75) is 24.8 Å². The minimum Gasteiger partial charge on any atom is -0.420 e. The molecule has 0 atom stereocenters. The summed E-state index contributed by atoms with van der Waals surface area (Å²) in [6.45, 7) is 7.09. The van der Waals surface area contributed by atoms with Crippen molar-refractivity contribution in [3.63, 3.8) is 0 Å². The molecule has 1 aliphatic rings. The molecule has 2 aromatic carbocycles. The molecule has 5 rings (SSSR count). The summed E-state index contributed by atoms with van der Waals surface area (Å²) in [5, 5.41) is 18.3. The number of hydrogen-bond acceptors (Lipinski definition) is 8. The fraction of sp³-hybridized carbons (Fsp3) is 0.304. The predicted molar refractivity (Wildman–Crippen MR) is 123 cm³/mol. The molecular formula is C23H24N6O2S. The first-order chi connectivity index (χ1) is 15.7. The van der Waals surface area contributed by atoms with E-state index in [0.717, 1.165) is 46.6 Å². The van der Waals surface area contributed by atoms with Crippen LogP contribution in [0.25, 0.3) is 17.1 Å². The Morgan fingerprint density at radius 1 is 0.938 bits per heavy atom. The Hall–Kier alpha value is -3.17. The van der Waals surface area contributed by atoms with E-state index in [1.807, 2.05) is 43.3 Å². The van der Waals surface area contributed by atoms with Gasteiger partial charge in [0.05, 0.1) is 24.7 Å². The van der Waals surface area contributed by atoms with Crippen LogP contribution in [0.2, 0.25) is 0 Å². The molecule has 2 aromatic heterocycles. The van der Waals surface area contributed by atoms with E-state index in [1.54, 1.807) is 0 Å². The third kappa shape index (κ3) is 4.26. The van der Waals surface area contributed by atoms with Gasteiger partial charge in [0.1, 0.15) is 0 Å². The Bertz CT molecular complexity index is 1210. The van der Waals surface area contributed by atoms with Crippen molar-refractivity contribution in [3.8, 4) is 17.1 Å². The number of nitrogens with zero attached hydrogens (tertiary/aromatic N) is 6. The van der Waals surface area contributed by atoms with Crippen molar-refractivity contribution in [1.29, 1.82) is 0 Å². The van der Waals surface area contributed by atoms with Crippen LogP contribution in [0.15, 0.2) is 58.1 Å². The maximum Gasteiger partial charge on any atom is 0.247 e. The van der Waals surface area contributed by atoms with Crippen molar-refractivity contribution in [1.82, 2.24) is 25.0 Å². The zero-order chi connectivity index (χ0) is 21.9. The normalized spacial score (nSPS) is 14.1. The highest BCUT2D eigenvalue weighted by Gasteiger charge is 2.23. The standard InChI is InChI=1S/C23H24N6O2S/c1-16-6-5-8-18(14-16)21-25-24-20(31-21)15-32-23-27-26-22(28-10-12-30-13-11-28)29(23)19-9-4-3-7-17(19)2/h3-9,14H,10-13,15H2,1-2H3. The summed E-state index contributed by atoms with van der Waals surface area (Å²) in [4.78, 5) is 2.22. The predicted octanol–water partition coefficient (Wildman–Crippen LogP) is 4.06. The van der Waals surface area contributed by atoms with Gasteiger partial charge in [-0.2, -0.15) is 0 Å². The summed E-state index contributed by atoms with van der Waals surface area (Å²) in [5.74, 6) is 2.42. The number of rotatable bonds is 6. The molecule has 0 bridgehead atoms. The molecule has 0 aliphatic carbocycles. The van der Waals surface area contributed by atoms with Crippen LogP contribution in [0.3, 0.4) is 0 Å². The van der Waals surface area contributed by atoms with Crippen LogP contribution in [0.5, 0.6) is 0 Å². The van der Waals surface area contributed by atoms with Crippen LogP contribution >= 0.6 is 11.8 Å². The first kappa shape index (κ1) is 20.7. The fourth-order valence-electron chi connectivity index (χ4n) is 3.68. The Morgan fingerprint density at radius 2 is 1.78 bits per heavy atom. The summed E-state index contributed by atoms with van der Waals surface area (Å²) in [7, 11) is 0. The first-order valence-corrected chi connectivity index (χ1v) is 11.5. The molecule has 0 N–H and O–H groups in total. The lowest BCUT2D eigenvalue weighted by atomic mass is 10.1. The van der Waals surface area contributed by atoms with Gasteiger partial charge in [-0.1, -0.05) is 47.7 Å². The Morgan fingerprint density at radius 3 is 2.59 bits per heavy atom. The SMILES string of the molecule is Cc1cccc(-c2nnc(CSc3nnc(N4CCOCC4)n3-c3ccccc3C)o2)c1. The van der Waals surface area contributed by atoms with Gasteiger partial charge in [-0.05, 0) is 37.6 Å². The molecule has 0 spiro atoms.